The van der Waals surface area contributed by atoms with Crippen molar-refractivity contribution in [3.63, 3.8) is 0 Å². The molecule has 0 fully saturated rings. The van der Waals surface area contributed by atoms with Crippen molar-refractivity contribution in [3.05, 3.63) is 48.3 Å². The predicted molar refractivity (Wildman–Crippen MR) is 71.7 cm³/mol. The number of fused-ring (bicyclic) bond motifs is 1. The van der Waals surface area contributed by atoms with Gasteiger partial charge in [0.05, 0.1) is 17.6 Å². The van der Waals surface area contributed by atoms with Crippen LogP contribution < -0.4 is 0 Å². The molecule has 20 heavy (non-hydrogen) atoms. The maximum absolute atomic E-state index is 12.5. The Hall–Kier alpha value is -2.83. The van der Waals surface area contributed by atoms with Crippen molar-refractivity contribution in [2.24, 2.45) is 0 Å². The third-order valence-corrected chi connectivity index (χ3v) is 2.93. The standard InChI is InChI=1S/C13H12N6O/c1-19(7-11-16-8-17-18-11)13(20)9-3-2-4-10-12(9)15-6-5-14-10/h2-6,8H,7H2,1H3,(H,16,17,18). The summed E-state index contributed by atoms with van der Waals surface area (Å²) in [5, 5.41) is 6.49. The molecular weight excluding hydrogens is 256 g/mol. The van der Waals surface area contributed by atoms with Crippen molar-refractivity contribution in [1.29, 1.82) is 0 Å². The number of hydrogen-bond acceptors (Lipinski definition) is 5. The van der Waals surface area contributed by atoms with Crippen LogP contribution in [0.3, 0.4) is 0 Å². The van der Waals surface area contributed by atoms with Gasteiger partial charge >= 0.3 is 0 Å². The molecule has 1 N–H and O–H groups in total. The Morgan fingerprint density at radius 2 is 2.10 bits per heavy atom. The Bertz CT molecular complexity index is 734. The van der Waals surface area contributed by atoms with E-state index in [1.807, 2.05) is 6.07 Å². The highest BCUT2D eigenvalue weighted by atomic mass is 16.2. The first-order valence-electron chi connectivity index (χ1n) is 6.05. The molecule has 0 aliphatic rings. The van der Waals surface area contributed by atoms with Crippen LogP contribution in [0.1, 0.15) is 16.2 Å². The number of carbonyl (C=O) groups excluding carboxylic acids is 1. The number of amides is 1. The number of para-hydroxylation sites is 1. The topological polar surface area (TPSA) is 87.7 Å². The van der Waals surface area contributed by atoms with Crippen LogP contribution in [0.25, 0.3) is 11.0 Å². The van der Waals surface area contributed by atoms with Crippen LogP contribution in [0.5, 0.6) is 0 Å². The van der Waals surface area contributed by atoms with E-state index in [0.717, 1.165) is 0 Å². The molecule has 0 unspecified atom stereocenters. The fraction of sp³-hybridized carbons (Fsp3) is 0.154. The highest BCUT2D eigenvalue weighted by Crippen LogP contribution is 2.16. The second kappa shape index (κ2) is 5.04. The minimum atomic E-state index is -0.132. The quantitative estimate of drug-likeness (QED) is 0.766. The highest BCUT2D eigenvalue weighted by molar-refractivity contribution is 6.04. The highest BCUT2D eigenvalue weighted by Gasteiger charge is 2.16. The lowest BCUT2D eigenvalue weighted by Gasteiger charge is -2.16. The van der Waals surface area contributed by atoms with Crippen LogP contribution in [0, 0.1) is 0 Å². The van der Waals surface area contributed by atoms with Gasteiger partial charge in [-0.3, -0.25) is 19.9 Å². The first-order chi connectivity index (χ1) is 9.75. The molecule has 7 heteroatoms. The van der Waals surface area contributed by atoms with Crippen molar-refractivity contribution >= 4 is 16.9 Å². The summed E-state index contributed by atoms with van der Waals surface area (Å²) in [6.45, 7) is 0.357. The summed E-state index contributed by atoms with van der Waals surface area (Å²) in [5.41, 5.74) is 1.83. The van der Waals surface area contributed by atoms with Gasteiger partial charge in [-0.15, -0.1) is 0 Å². The summed E-state index contributed by atoms with van der Waals surface area (Å²) < 4.78 is 0. The molecule has 0 spiro atoms. The van der Waals surface area contributed by atoms with Gasteiger partial charge in [0.2, 0.25) is 0 Å². The minimum absolute atomic E-state index is 0.132. The van der Waals surface area contributed by atoms with Gasteiger partial charge in [-0.1, -0.05) is 6.07 Å². The minimum Gasteiger partial charge on any atom is -0.334 e. The van der Waals surface area contributed by atoms with Crippen LogP contribution >= 0.6 is 0 Å². The van der Waals surface area contributed by atoms with Gasteiger partial charge in [-0.25, -0.2) is 4.98 Å². The van der Waals surface area contributed by atoms with E-state index in [2.05, 4.69) is 25.1 Å². The molecule has 0 bridgehead atoms. The molecule has 2 heterocycles. The van der Waals surface area contributed by atoms with Gasteiger partial charge in [0.1, 0.15) is 17.7 Å². The van der Waals surface area contributed by atoms with Gasteiger partial charge < -0.3 is 4.90 Å². The molecule has 0 saturated carbocycles. The first kappa shape index (κ1) is 12.2. The van der Waals surface area contributed by atoms with Crippen molar-refractivity contribution < 1.29 is 4.79 Å². The zero-order valence-corrected chi connectivity index (χ0v) is 10.8. The molecule has 0 saturated heterocycles. The van der Waals surface area contributed by atoms with E-state index in [1.165, 1.54) is 6.33 Å². The summed E-state index contributed by atoms with van der Waals surface area (Å²) in [5.74, 6) is 0.500. The number of benzene rings is 1. The monoisotopic (exact) mass is 268 g/mol. The number of rotatable bonds is 3. The lowest BCUT2D eigenvalue weighted by Crippen LogP contribution is -2.27. The van der Waals surface area contributed by atoms with E-state index in [1.54, 1.807) is 36.5 Å². The Kier molecular flexibility index (Phi) is 3.08. The lowest BCUT2D eigenvalue weighted by atomic mass is 10.1. The van der Waals surface area contributed by atoms with E-state index >= 15 is 0 Å². The second-order valence-electron chi connectivity index (χ2n) is 4.32. The molecule has 3 rings (SSSR count). The number of nitrogens with zero attached hydrogens (tertiary/aromatic N) is 5. The van der Waals surface area contributed by atoms with Crippen molar-refractivity contribution in [3.8, 4) is 0 Å². The molecule has 100 valence electrons. The van der Waals surface area contributed by atoms with Crippen LogP contribution in [-0.4, -0.2) is 43.0 Å². The largest absolute Gasteiger partial charge is 0.334 e. The summed E-state index contributed by atoms with van der Waals surface area (Å²) in [6.07, 6.45) is 4.60. The predicted octanol–water partition coefficient (Wildman–Crippen LogP) is 1.02. The third kappa shape index (κ3) is 2.20. The summed E-state index contributed by atoms with van der Waals surface area (Å²) in [6, 6.07) is 5.37. The molecule has 2 aromatic heterocycles. The van der Waals surface area contributed by atoms with Crippen LogP contribution in [0.2, 0.25) is 0 Å². The fourth-order valence-electron chi connectivity index (χ4n) is 1.97. The number of carbonyl (C=O) groups is 1. The number of aromatic amines is 1. The lowest BCUT2D eigenvalue weighted by molar-refractivity contribution is 0.0783. The number of hydrogen-bond donors (Lipinski definition) is 1. The maximum Gasteiger partial charge on any atom is 0.256 e. The van der Waals surface area contributed by atoms with E-state index in [4.69, 9.17) is 0 Å². The Morgan fingerprint density at radius 3 is 2.90 bits per heavy atom. The van der Waals surface area contributed by atoms with Gasteiger partial charge in [-0.2, -0.15) is 5.10 Å². The zero-order valence-electron chi connectivity index (χ0n) is 10.8. The first-order valence-corrected chi connectivity index (χ1v) is 6.05. The fourth-order valence-corrected chi connectivity index (χ4v) is 1.97. The van der Waals surface area contributed by atoms with Crippen molar-refractivity contribution in [1.82, 2.24) is 30.0 Å². The molecule has 7 nitrogen and oxygen atoms in total. The third-order valence-electron chi connectivity index (χ3n) is 2.93. The van der Waals surface area contributed by atoms with Gasteiger partial charge in [0, 0.05) is 19.4 Å². The van der Waals surface area contributed by atoms with E-state index < -0.39 is 0 Å². The van der Waals surface area contributed by atoms with Crippen molar-refractivity contribution in [2.45, 2.75) is 6.54 Å². The van der Waals surface area contributed by atoms with Crippen molar-refractivity contribution in [2.75, 3.05) is 7.05 Å². The average molecular weight is 268 g/mol. The Labute approximate surface area is 114 Å². The molecule has 1 amide bonds. The molecule has 3 aromatic rings. The van der Waals surface area contributed by atoms with Crippen LogP contribution in [0.15, 0.2) is 36.9 Å². The smallest absolute Gasteiger partial charge is 0.256 e. The van der Waals surface area contributed by atoms with Gasteiger partial charge in [0.25, 0.3) is 5.91 Å². The molecule has 0 atom stereocenters. The number of aromatic nitrogens is 5. The molecule has 0 radical (unpaired) electrons. The molecule has 1 aromatic carbocycles. The normalized spacial score (nSPS) is 10.7. The summed E-state index contributed by atoms with van der Waals surface area (Å²) in [4.78, 5) is 26.5. The molecule has 0 aliphatic heterocycles. The average Bonchev–Trinajstić information content (AvgIpc) is 2.99. The van der Waals surface area contributed by atoms with E-state index in [-0.39, 0.29) is 5.91 Å². The van der Waals surface area contributed by atoms with Crippen LogP contribution in [-0.2, 0) is 6.54 Å². The van der Waals surface area contributed by atoms with Gasteiger partial charge in [-0.05, 0) is 12.1 Å². The number of nitrogens with one attached hydrogen (secondary N) is 1. The maximum atomic E-state index is 12.5. The second-order valence-corrected chi connectivity index (χ2v) is 4.32. The van der Waals surface area contributed by atoms with E-state index in [9.17, 15) is 4.79 Å². The zero-order chi connectivity index (χ0) is 13.9. The van der Waals surface area contributed by atoms with Crippen LogP contribution in [0.4, 0.5) is 0 Å². The Morgan fingerprint density at radius 1 is 1.25 bits per heavy atom. The SMILES string of the molecule is CN(Cc1ncn[nH]1)C(=O)c1cccc2nccnc12. The molecule has 0 aliphatic carbocycles. The van der Waals surface area contributed by atoms with E-state index in [0.29, 0.717) is 29.0 Å². The molecular formula is C13H12N6O. The number of H-pyrrole nitrogens is 1. The summed E-state index contributed by atoms with van der Waals surface area (Å²) >= 11 is 0. The summed E-state index contributed by atoms with van der Waals surface area (Å²) in [7, 11) is 1.71. The Balaban J connectivity index is 1.92. The van der Waals surface area contributed by atoms with Gasteiger partial charge in [0.15, 0.2) is 0 Å².